The molecule has 0 heterocycles. The third-order valence-corrected chi connectivity index (χ3v) is 3.56. The van der Waals surface area contributed by atoms with E-state index in [9.17, 15) is 19.3 Å². The number of nitrogens with one attached hydrogen (secondary N) is 1. The Kier molecular flexibility index (Phi) is 3.37. The van der Waals surface area contributed by atoms with E-state index in [4.69, 9.17) is 5.11 Å². The van der Waals surface area contributed by atoms with Gasteiger partial charge in [0, 0.05) is 12.6 Å². The minimum Gasteiger partial charge on any atom is -0.481 e. The van der Waals surface area contributed by atoms with Crippen molar-refractivity contribution in [1.82, 2.24) is 0 Å². The Morgan fingerprint density at radius 1 is 1.53 bits per heavy atom. The van der Waals surface area contributed by atoms with Gasteiger partial charge in [0.25, 0.3) is 5.69 Å². The summed E-state index contributed by atoms with van der Waals surface area (Å²) in [5.74, 6) is -1.71. The van der Waals surface area contributed by atoms with Crippen molar-refractivity contribution in [3.63, 3.8) is 0 Å². The number of carbonyl (C=O) groups is 1. The van der Waals surface area contributed by atoms with E-state index in [0.717, 1.165) is 12.5 Å². The maximum Gasteiger partial charge on any atom is 0.311 e. The van der Waals surface area contributed by atoms with E-state index in [1.807, 2.05) is 0 Å². The SMILES string of the molecule is O=C(O)C1(CNc2c(F)cccc2[N+](=O)[O-])CCC1. The van der Waals surface area contributed by atoms with Crippen LogP contribution in [0.2, 0.25) is 0 Å². The number of anilines is 1. The van der Waals surface area contributed by atoms with Crippen molar-refractivity contribution < 1.29 is 19.2 Å². The second kappa shape index (κ2) is 4.83. The molecule has 1 aromatic carbocycles. The molecule has 2 rings (SSSR count). The summed E-state index contributed by atoms with van der Waals surface area (Å²) in [6.07, 6.45) is 1.79. The second-order valence-corrected chi connectivity index (χ2v) is 4.68. The van der Waals surface area contributed by atoms with Crippen molar-refractivity contribution in [3.05, 3.63) is 34.1 Å². The zero-order valence-corrected chi connectivity index (χ0v) is 10.1. The maximum atomic E-state index is 13.6. The minimum absolute atomic E-state index is 0.00981. The molecule has 1 aliphatic rings. The fourth-order valence-electron chi connectivity index (χ4n) is 2.17. The van der Waals surface area contributed by atoms with Crippen molar-refractivity contribution >= 4 is 17.3 Å². The molecule has 0 bridgehead atoms. The first-order valence-corrected chi connectivity index (χ1v) is 5.86. The summed E-state index contributed by atoms with van der Waals surface area (Å²) in [5.41, 5.74) is -1.57. The first kappa shape index (κ1) is 13.3. The van der Waals surface area contributed by atoms with Crippen LogP contribution in [0.15, 0.2) is 18.2 Å². The molecule has 1 aliphatic carbocycles. The lowest BCUT2D eigenvalue weighted by atomic mass is 9.69. The van der Waals surface area contributed by atoms with E-state index in [0.29, 0.717) is 12.8 Å². The number of hydrogen-bond donors (Lipinski definition) is 2. The number of benzene rings is 1. The molecule has 19 heavy (non-hydrogen) atoms. The zero-order valence-electron chi connectivity index (χ0n) is 10.1. The van der Waals surface area contributed by atoms with Crippen LogP contribution in [0.1, 0.15) is 19.3 Å². The van der Waals surface area contributed by atoms with Gasteiger partial charge in [-0.1, -0.05) is 12.5 Å². The first-order valence-electron chi connectivity index (χ1n) is 5.86. The molecule has 0 amide bonds. The zero-order chi connectivity index (χ0) is 14.0. The Morgan fingerprint density at radius 2 is 2.21 bits per heavy atom. The minimum atomic E-state index is -0.953. The van der Waals surface area contributed by atoms with E-state index >= 15 is 0 Å². The Hall–Kier alpha value is -2.18. The van der Waals surface area contributed by atoms with E-state index in [1.165, 1.54) is 12.1 Å². The molecule has 0 saturated heterocycles. The van der Waals surface area contributed by atoms with Crippen molar-refractivity contribution in [2.45, 2.75) is 19.3 Å². The van der Waals surface area contributed by atoms with Gasteiger partial charge in [0.05, 0.1) is 10.3 Å². The lowest BCUT2D eigenvalue weighted by Gasteiger charge is -2.37. The number of nitrogens with zero attached hydrogens (tertiary/aromatic N) is 1. The Labute approximate surface area is 108 Å². The van der Waals surface area contributed by atoms with Gasteiger partial charge in [-0.2, -0.15) is 0 Å². The van der Waals surface area contributed by atoms with Gasteiger partial charge < -0.3 is 10.4 Å². The average Bonchev–Trinajstić information content (AvgIpc) is 2.28. The van der Waals surface area contributed by atoms with Gasteiger partial charge in [-0.15, -0.1) is 0 Å². The largest absolute Gasteiger partial charge is 0.481 e. The summed E-state index contributed by atoms with van der Waals surface area (Å²) in [6, 6.07) is 3.53. The molecule has 1 fully saturated rings. The molecule has 0 aromatic heterocycles. The van der Waals surface area contributed by atoms with E-state index in [2.05, 4.69) is 5.32 Å². The van der Waals surface area contributed by atoms with E-state index in [1.54, 1.807) is 0 Å². The fourth-order valence-corrected chi connectivity index (χ4v) is 2.17. The molecule has 2 N–H and O–H groups in total. The van der Waals surface area contributed by atoms with Crippen LogP contribution in [-0.4, -0.2) is 22.5 Å². The normalized spacial score (nSPS) is 16.5. The van der Waals surface area contributed by atoms with Crippen LogP contribution in [-0.2, 0) is 4.79 Å². The highest BCUT2D eigenvalue weighted by atomic mass is 19.1. The molecule has 0 spiro atoms. The monoisotopic (exact) mass is 268 g/mol. The van der Waals surface area contributed by atoms with Gasteiger partial charge in [-0.3, -0.25) is 14.9 Å². The number of para-hydroxylation sites is 1. The maximum absolute atomic E-state index is 13.6. The van der Waals surface area contributed by atoms with Crippen LogP contribution < -0.4 is 5.32 Å². The summed E-state index contributed by atoms with van der Waals surface area (Å²) in [4.78, 5) is 21.3. The summed E-state index contributed by atoms with van der Waals surface area (Å²) in [7, 11) is 0. The van der Waals surface area contributed by atoms with Gasteiger partial charge in [0.1, 0.15) is 5.69 Å². The number of rotatable bonds is 5. The van der Waals surface area contributed by atoms with Crippen molar-refractivity contribution in [3.8, 4) is 0 Å². The summed E-state index contributed by atoms with van der Waals surface area (Å²) < 4.78 is 13.6. The average molecular weight is 268 g/mol. The van der Waals surface area contributed by atoms with Gasteiger partial charge >= 0.3 is 5.97 Å². The smallest absolute Gasteiger partial charge is 0.311 e. The molecule has 0 atom stereocenters. The molecule has 102 valence electrons. The van der Waals surface area contributed by atoms with Crippen molar-refractivity contribution in [2.24, 2.45) is 5.41 Å². The number of hydrogen-bond acceptors (Lipinski definition) is 4. The van der Waals surface area contributed by atoms with Gasteiger partial charge in [-0.05, 0) is 18.9 Å². The third kappa shape index (κ3) is 2.35. The van der Waals surface area contributed by atoms with Crippen LogP contribution in [0, 0.1) is 21.3 Å². The Balaban J connectivity index is 2.20. The predicted molar refractivity (Wildman–Crippen MR) is 65.5 cm³/mol. The van der Waals surface area contributed by atoms with Crippen molar-refractivity contribution in [1.29, 1.82) is 0 Å². The highest BCUT2D eigenvalue weighted by molar-refractivity contribution is 5.77. The number of nitro benzene ring substituents is 1. The molecule has 0 radical (unpaired) electrons. The molecule has 7 heteroatoms. The Morgan fingerprint density at radius 3 is 2.68 bits per heavy atom. The van der Waals surface area contributed by atoms with Crippen molar-refractivity contribution in [2.75, 3.05) is 11.9 Å². The Bertz CT molecular complexity index is 528. The van der Waals surface area contributed by atoms with E-state index < -0.39 is 22.1 Å². The van der Waals surface area contributed by atoms with Crippen LogP contribution in [0.4, 0.5) is 15.8 Å². The summed E-state index contributed by atoms with van der Waals surface area (Å²) >= 11 is 0. The molecule has 1 saturated carbocycles. The quantitative estimate of drug-likeness (QED) is 0.631. The van der Waals surface area contributed by atoms with Gasteiger partial charge in [-0.25, -0.2) is 4.39 Å². The predicted octanol–water partition coefficient (Wildman–Crippen LogP) is 2.40. The lowest BCUT2D eigenvalue weighted by molar-refractivity contribution is -0.384. The second-order valence-electron chi connectivity index (χ2n) is 4.68. The number of aliphatic carboxylic acids is 1. The first-order chi connectivity index (χ1) is 8.96. The summed E-state index contributed by atoms with van der Waals surface area (Å²) in [6.45, 7) is -0.00981. The molecule has 0 unspecified atom stereocenters. The standard InChI is InChI=1S/C12H13FN2O4/c13-8-3-1-4-9(15(18)19)10(8)14-7-12(11(16)17)5-2-6-12/h1,3-4,14H,2,5-7H2,(H,16,17). The fraction of sp³-hybridized carbons (Fsp3) is 0.417. The van der Waals surface area contributed by atoms with Gasteiger partial charge in [0.2, 0.25) is 0 Å². The third-order valence-electron chi connectivity index (χ3n) is 3.56. The van der Waals surface area contributed by atoms with Crippen LogP contribution >= 0.6 is 0 Å². The number of carboxylic acids is 1. The topological polar surface area (TPSA) is 92.5 Å². The highest BCUT2D eigenvalue weighted by Crippen LogP contribution is 2.42. The summed E-state index contributed by atoms with van der Waals surface area (Å²) in [5, 5.41) is 22.5. The number of nitro groups is 1. The van der Waals surface area contributed by atoms with Crippen LogP contribution in [0.25, 0.3) is 0 Å². The van der Waals surface area contributed by atoms with Gasteiger partial charge in [0.15, 0.2) is 5.82 Å². The van der Waals surface area contributed by atoms with E-state index in [-0.39, 0.29) is 17.9 Å². The molecule has 0 aliphatic heterocycles. The van der Waals surface area contributed by atoms with Crippen LogP contribution in [0.3, 0.4) is 0 Å². The van der Waals surface area contributed by atoms with Crippen LogP contribution in [0.5, 0.6) is 0 Å². The lowest BCUT2D eigenvalue weighted by Crippen LogP contribution is -2.43. The number of halogens is 1. The number of carboxylic acid groups (broad SMARTS) is 1. The molecule has 6 nitrogen and oxygen atoms in total. The molecular formula is C12H13FN2O4. The molecular weight excluding hydrogens is 255 g/mol. The highest BCUT2D eigenvalue weighted by Gasteiger charge is 2.44. The molecule has 1 aromatic rings.